The first kappa shape index (κ1) is 17.1. The molecular formula is C19H25NO4. The van der Waals surface area contributed by atoms with Crippen molar-refractivity contribution in [1.82, 2.24) is 4.90 Å². The lowest BCUT2D eigenvalue weighted by Gasteiger charge is -2.37. The van der Waals surface area contributed by atoms with Gasteiger partial charge in [-0.25, -0.2) is 0 Å². The quantitative estimate of drug-likeness (QED) is 0.778. The van der Waals surface area contributed by atoms with Gasteiger partial charge in [0.05, 0.1) is 13.2 Å². The molecule has 0 bridgehead atoms. The first-order chi connectivity index (χ1) is 11.6. The molecule has 1 aromatic carbocycles. The van der Waals surface area contributed by atoms with Crippen LogP contribution in [0.2, 0.25) is 0 Å². The van der Waals surface area contributed by atoms with Gasteiger partial charge in [0.25, 0.3) is 0 Å². The molecule has 5 nitrogen and oxygen atoms in total. The first-order valence-corrected chi connectivity index (χ1v) is 8.80. The van der Waals surface area contributed by atoms with Crippen molar-refractivity contribution in [3.8, 4) is 0 Å². The van der Waals surface area contributed by atoms with E-state index in [9.17, 15) is 9.59 Å². The molecular weight excluding hydrogens is 306 g/mol. The van der Waals surface area contributed by atoms with E-state index in [1.165, 1.54) is 5.56 Å². The van der Waals surface area contributed by atoms with Crippen molar-refractivity contribution >= 4 is 11.7 Å². The van der Waals surface area contributed by atoms with E-state index in [1.54, 1.807) is 0 Å². The van der Waals surface area contributed by atoms with Crippen molar-refractivity contribution in [2.24, 2.45) is 0 Å². The Morgan fingerprint density at radius 2 is 1.67 bits per heavy atom. The normalized spacial score (nSPS) is 19.6. The fourth-order valence-corrected chi connectivity index (χ4v) is 3.33. The third-order valence-corrected chi connectivity index (χ3v) is 4.94. The Kier molecular flexibility index (Phi) is 5.31. The van der Waals surface area contributed by atoms with E-state index in [1.807, 2.05) is 29.2 Å². The summed E-state index contributed by atoms with van der Waals surface area (Å²) in [6.45, 7) is 4.63. The Hall–Kier alpha value is -1.72. The number of Topliss-reactive ketones (excluding diaryl/α,β-unsaturated/α-hetero) is 1. The highest BCUT2D eigenvalue weighted by Crippen LogP contribution is 2.31. The van der Waals surface area contributed by atoms with E-state index >= 15 is 0 Å². The van der Waals surface area contributed by atoms with Gasteiger partial charge in [-0.15, -0.1) is 0 Å². The molecule has 24 heavy (non-hydrogen) atoms. The standard InChI is InChI=1S/C19H25NO4/c1-2-15-3-5-16(6-4-15)17(21)7-8-18(22)20-11-9-19(10-12-20)23-13-14-24-19/h3-6H,2,7-14H2,1H3. The van der Waals surface area contributed by atoms with Crippen LogP contribution >= 0.6 is 0 Å². The summed E-state index contributed by atoms with van der Waals surface area (Å²) in [6, 6.07) is 7.65. The van der Waals surface area contributed by atoms with Crippen LogP contribution in [0.4, 0.5) is 0 Å². The van der Waals surface area contributed by atoms with Gasteiger partial charge in [0.15, 0.2) is 11.6 Å². The molecule has 1 spiro atoms. The maximum atomic E-state index is 12.3. The number of carbonyl (C=O) groups excluding carboxylic acids is 2. The van der Waals surface area contributed by atoms with Gasteiger partial charge in [-0.1, -0.05) is 31.2 Å². The summed E-state index contributed by atoms with van der Waals surface area (Å²) >= 11 is 0. The van der Waals surface area contributed by atoms with Crippen LogP contribution in [0.5, 0.6) is 0 Å². The number of ether oxygens (including phenoxy) is 2. The van der Waals surface area contributed by atoms with Gasteiger partial charge in [0, 0.05) is 44.3 Å². The molecule has 130 valence electrons. The Morgan fingerprint density at radius 3 is 2.25 bits per heavy atom. The molecule has 5 heteroatoms. The molecule has 0 aliphatic carbocycles. The number of rotatable bonds is 5. The Labute approximate surface area is 142 Å². The van der Waals surface area contributed by atoms with Crippen LogP contribution in [0.25, 0.3) is 0 Å². The van der Waals surface area contributed by atoms with Crippen molar-refractivity contribution in [2.75, 3.05) is 26.3 Å². The third kappa shape index (κ3) is 3.84. The number of hydrogen-bond acceptors (Lipinski definition) is 4. The SMILES string of the molecule is CCc1ccc(C(=O)CCC(=O)N2CCC3(CC2)OCCO3)cc1. The number of benzene rings is 1. The number of hydrogen-bond donors (Lipinski definition) is 0. The smallest absolute Gasteiger partial charge is 0.223 e. The lowest BCUT2D eigenvalue weighted by molar-refractivity contribution is -0.187. The summed E-state index contributed by atoms with van der Waals surface area (Å²) in [6.07, 6.45) is 2.91. The molecule has 0 unspecified atom stereocenters. The lowest BCUT2D eigenvalue weighted by atomic mass is 10.0. The Bertz CT molecular complexity index is 580. The van der Waals surface area contributed by atoms with Crippen molar-refractivity contribution in [2.45, 2.75) is 44.8 Å². The van der Waals surface area contributed by atoms with Gasteiger partial charge in [-0.05, 0) is 12.0 Å². The maximum absolute atomic E-state index is 12.3. The Balaban J connectivity index is 1.46. The third-order valence-electron chi connectivity index (χ3n) is 4.94. The average Bonchev–Trinajstić information content (AvgIpc) is 3.08. The molecule has 0 N–H and O–H groups in total. The van der Waals surface area contributed by atoms with Crippen LogP contribution in [0.1, 0.15) is 48.5 Å². The van der Waals surface area contributed by atoms with Gasteiger partial charge in [-0.3, -0.25) is 9.59 Å². The number of carbonyl (C=O) groups is 2. The monoisotopic (exact) mass is 331 g/mol. The molecule has 2 saturated heterocycles. The number of ketones is 1. The van der Waals surface area contributed by atoms with E-state index in [0.717, 1.165) is 6.42 Å². The second-order valence-corrected chi connectivity index (χ2v) is 6.46. The van der Waals surface area contributed by atoms with Crippen LogP contribution in [0.15, 0.2) is 24.3 Å². The summed E-state index contributed by atoms with van der Waals surface area (Å²) < 4.78 is 11.3. The zero-order valence-electron chi connectivity index (χ0n) is 14.3. The van der Waals surface area contributed by atoms with Gasteiger partial charge >= 0.3 is 0 Å². The van der Waals surface area contributed by atoms with E-state index < -0.39 is 5.79 Å². The second-order valence-electron chi connectivity index (χ2n) is 6.46. The highest BCUT2D eigenvalue weighted by molar-refractivity contribution is 5.98. The molecule has 2 fully saturated rings. The molecule has 0 atom stereocenters. The van der Waals surface area contributed by atoms with Gasteiger partial charge in [0.1, 0.15) is 0 Å². The fraction of sp³-hybridized carbons (Fsp3) is 0.579. The minimum Gasteiger partial charge on any atom is -0.347 e. The van der Waals surface area contributed by atoms with Gasteiger partial charge in [0.2, 0.25) is 5.91 Å². The van der Waals surface area contributed by atoms with Crippen molar-refractivity contribution in [3.05, 3.63) is 35.4 Å². The van der Waals surface area contributed by atoms with Crippen LogP contribution in [-0.4, -0.2) is 48.7 Å². The van der Waals surface area contributed by atoms with Crippen LogP contribution < -0.4 is 0 Å². The zero-order chi connectivity index (χ0) is 17.0. The first-order valence-electron chi connectivity index (χ1n) is 8.80. The minimum absolute atomic E-state index is 0.0296. The Morgan fingerprint density at radius 1 is 1.04 bits per heavy atom. The molecule has 3 rings (SSSR count). The molecule has 2 aliphatic heterocycles. The molecule has 2 aliphatic rings. The largest absolute Gasteiger partial charge is 0.347 e. The van der Waals surface area contributed by atoms with Crippen molar-refractivity contribution in [3.63, 3.8) is 0 Å². The number of amides is 1. The fourth-order valence-electron chi connectivity index (χ4n) is 3.33. The average molecular weight is 331 g/mol. The highest BCUT2D eigenvalue weighted by Gasteiger charge is 2.40. The number of likely N-dealkylation sites (tertiary alicyclic amines) is 1. The summed E-state index contributed by atoms with van der Waals surface area (Å²) in [5.74, 6) is -0.392. The second kappa shape index (κ2) is 7.45. The molecule has 0 saturated carbocycles. The predicted octanol–water partition coefficient (Wildman–Crippen LogP) is 2.58. The van der Waals surface area contributed by atoms with Crippen LogP contribution in [0, 0.1) is 0 Å². The highest BCUT2D eigenvalue weighted by atomic mass is 16.7. The van der Waals surface area contributed by atoms with E-state index in [-0.39, 0.29) is 24.5 Å². The van der Waals surface area contributed by atoms with Crippen LogP contribution in [-0.2, 0) is 20.7 Å². The summed E-state index contributed by atoms with van der Waals surface area (Å²) in [7, 11) is 0. The van der Waals surface area contributed by atoms with Crippen molar-refractivity contribution < 1.29 is 19.1 Å². The maximum Gasteiger partial charge on any atom is 0.223 e. The van der Waals surface area contributed by atoms with E-state index in [4.69, 9.17) is 9.47 Å². The number of nitrogens with zero attached hydrogens (tertiary/aromatic N) is 1. The van der Waals surface area contributed by atoms with Gasteiger partial charge < -0.3 is 14.4 Å². The lowest BCUT2D eigenvalue weighted by Crippen LogP contribution is -2.47. The van der Waals surface area contributed by atoms with E-state index in [2.05, 4.69) is 6.92 Å². The summed E-state index contributed by atoms with van der Waals surface area (Å²) in [5.41, 5.74) is 1.89. The van der Waals surface area contributed by atoms with E-state index in [0.29, 0.717) is 44.7 Å². The zero-order valence-corrected chi connectivity index (χ0v) is 14.3. The predicted molar refractivity (Wildman–Crippen MR) is 89.8 cm³/mol. The molecule has 2 heterocycles. The van der Waals surface area contributed by atoms with Crippen LogP contribution in [0.3, 0.4) is 0 Å². The molecule has 0 aromatic heterocycles. The van der Waals surface area contributed by atoms with Crippen molar-refractivity contribution in [1.29, 1.82) is 0 Å². The topological polar surface area (TPSA) is 55.8 Å². The summed E-state index contributed by atoms with van der Waals surface area (Å²) in [5, 5.41) is 0. The molecule has 1 amide bonds. The number of aryl methyl sites for hydroxylation is 1. The minimum atomic E-state index is -0.465. The number of piperidine rings is 1. The van der Waals surface area contributed by atoms with Gasteiger partial charge in [-0.2, -0.15) is 0 Å². The molecule has 1 aromatic rings. The molecule has 0 radical (unpaired) electrons. The summed E-state index contributed by atoms with van der Waals surface area (Å²) in [4.78, 5) is 26.4.